The minimum atomic E-state index is -10.7. The zero-order valence-corrected chi connectivity index (χ0v) is 69.8. The van der Waals surface area contributed by atoms with Crippen LogP contribution in [0.3, 0.4) is 0 Å². The van der Waals surface area contributed by atoms with E-state index in [4.69, 9.17) is 56.8 Å². The Bertz CT molecular complexity index is 5110. The molecule has 0 unspecified atom stereocenters. The molecular weight excluding hydrogens is 1780 g/mol. The number of nitrogens with two attached hydrogens (primary N) is 1. The quantitative estimate of drug-likeness (QED) is 0.0641. The number of aryl methyl sites for hydroxylation is 4. The molecule has 0 spiro atoms. The molecule has 8 aromatic carbocycles. The van der Waals surface area contributed by atoms with Gasteiger partial charge in [-0.2, -0.15) is 4.68 Å². The van der Waals surface area contributed by atoms with Crippen LogP contribution in [0.1, 0.15) is 87.9 Å². The number of rotatable bonds is 0. The molecule has 17 aliphatic heterocycles. The van der Waals surface area contributed by atoms with Crippen LogP contribution < -0.4 is 52.6 Å². The molecular formula is C80H86F18N9O16P3. The predicted molar refractivity (Wildman–Crippen MR) is 422 cm³/mol. The standard InChI is InChI=1S/C56H53N9O8.C24H32O8.3F6P/c1-60-42-32-62(59-60)25-3-27-64-53(66)47-21-23-49-52-50(24-22-48(51(47)52)54(64)67)56(69)65(55(49)68)28-4-26-63-31-41(58-61(63)2)35-72-45-17-9-39(10-18-45)33-70-43-13-5-37(6-14-43)29-57-30-38-7-15-44(16-8-38)71-34-40-11-19-46(20-12-40)73-36-42;1-2-6-22-21(5-1)29-17-13-25-9-10-27-15-19-31-23-7-3-4-8-24(23)32-20-16-28-12-11-26-14-18-30-22;3*1-7(2,3,4,5)6/h5-24,31-32,57H,3-4,25-30,33-36H2,1-2H3;1-8H,9-20H2;;;/q+2;;3*-1/p+1. The summed E-state index contributed by atoms with van der Waals surface area (Å²) in [4.78, 5) is 60.2. The van der Waals surface area contributed by atoms with E-state index >= 15 is 0 Å². The first-order valence-corrected chi connectivity index (χ1v) is 44.5. The summed E-state index contributed by atoms with van der Waals surface area (Å²) in [5.41, 5.74) is 7.12. The van der Waals surface area contributed by atoms with Crippen LogP contribution in [-0.2, 0) is 85.6 Å². The summed E-state index contributed by atoms with van der Waals surface area (Å²) >= 11 is 0. The van der Waals surface area contributed by atoms with Gasteiger partial charge in [-0.15, -0.1) is 9.36 Å². The van der Waals surface area contributed by atoms with Crippen molar-refractivity contribution in [2.24, 2.45) is 14.1 Å². The number of halogens is 18. The number of amides is 4. The summed E-state index contributed by atoms with van der Waals surface area (Å²) in [6, 6.07) is 53.5. The SMILES string of the molecule is Cn1n[n+]2cc1COc1ccc(cc1)COc1ccc(cc1)C[NH2+]Cc1ccc(cc1)OCc1ccc(cc1)OCc1c[n+](n(C)n1)CCCN1C(=O)c3ccc4c5c(ccc(c35)C1=O)C(=O)N(CCC2)C4=O.F[P-](F)(F)(F)(F)F.F[P-](F)(F)(F)(F)F.F[P-](F)(F)(F)(F)F.c1ccc2c(c1)OCCOCCOCCOc1ccccc1OCCOCCOCCO2. The number of fused-ring (bicyclic) bond motifs is 2. The molecule has 0 aliphatic carbocycles. The van der Waals surface area contributed by atoms with E-state index in [2.05, 4.69) is 39.9 Å². The van der Waals surface area contributed by atoms with Gasteiger partial charge in [-0.1, -0.05) is 48.5 Å². The number of imide groups is 2. The smallest absolute Gasteiger partial charge is 0.161 e. The molecule has 19 heterocycles. The predicted octanol–water partition coefficient (Wildman–Crippen LogP) is 18.3. The van der Waals surface area contributed by atoms with Crippen molar-refractivity contribution in [3.8, 4) is 46.0 Å². The molecule has 27 rings (SSSR count). The topological polar surface area (TPSA) is 246 Å². The van der Waals surface area contributed by atoms with Crippen molar-refractivity contribution in [1.29, 1.82) is 0 Å². The van der Waals surface area contributed by atoms with Gasteiger partial charge in [0.15, 0.2) is 48.6 Å². The van der Waals surface area contributed by atoms with Gasteiger partial charge >= 0.3 is 99.0 Å². The van der Waals surface area contributed by atoms with E-state index in [1.165, 1.54) is 20.9 Å². The third kappa shape index (κ3) is 35.0. The minimum absolute atomic E-state index is 0.145. The molecule has 126 heavy (non-hydrogen) atoms. The monoisotopic (exact) mass is 1860 g/mol. The number of ether oxygens (including phenoxy) is 12. The molecule has 17 aliphatic rings. The van der Waals surface area contributed by atoms with Crippen LogP contribution in [0.2, 0.25) is 0 Å². The molecule has 0 radical (unpaired) electrons. The van der Waals surface area contributed by atoms with E-state index in [1.807, 2.05) is 152 Å². The van der Waals surface area contributed by atoms with Gasteiger partial charge in [-0.25, -0.2) is 0 Å². The number of benzene rings is 8. The van der Waals surface area contributed by atoms with Gasteiger partial charge < -0.3 is 62.2 Å². The maximum absolute atomic E-state index is 14.0. The molecule has 0 fully saturated rings. The van der Waals surface area contributed by atoms with Crippen molar-refractivity contribution in [2.75, 3.05) is 92.4 Å². The van der Waals surface area contributed by atoms with Gasteiger partial charge in [0.25, 0.3) is 29.3 Å². The van der Waals surface area contributed by atoms with E-state index in [1.54, 1.807) is 38.4 Å². The number of para-hydroxylation sites is 4. The van der Waals surface area contributed by atoms with E-state index in [0.717, 1.165) is 41.4 Å². The van der Waals surface area contributed by atoms with Gasteiger partial charge in [-0.05, 0) is 137 Å². The normalized spacial score (nSPS) is 17.7. The second-order valence-electron chi connectivity index (χ2n) is 28.1. The van der Waals surface area contributed by atoms with Gasteiger partial charge in [0.1, 0.15) is 95.9 Å². The minimum Gasteiger partial charge on any atom is -0.487 e. The molecule has 2 N–H and O–H groups in total. The molecule has 688 valence electrons. The summed E-state index contributed by atoms with van der Waals surface area (Å²) in [7, 11) is -28.3. The zero-order valence-electron chi connectivity index (χ0n) is 67.1. The second kappa shape index (κ2) is 39.0. The number of carbonyl (C=O) groups is 4. The fourth-order valence-electron chi connectivity index (χ4n) is 12.4. The van der Waals surface area contributed by atoms with Crippen molar-refractivity contribution >= 4 is 57.8 Å². The molecule has 2 aromatic heterocycles. The van der Waals surface area contributed by atoms with Gasteiger partial charge in [0.05, 0.1) is 65.1 Å². The first-order chi connectivity index (χ1) is 58.9. The van der Waals surface area contributed by atoms with Crippen LogP contribution in [0.25, 0.3) is 10.8 Å². The number of quaternary nitrogens is 1. The van der Waals surface area contributed by atoms with Gasteiger partial charge in [0.2, 0.25) is 5.69 Å². The van der Waals surface area contributed by atoms with Crippen LogP contribution >= 0.6 is 23.4 Å². The summed E-state index contributed by atoms with van der Waals surface area (Å²) < 4.78 is 253. The Kier molecular flexibility index (Phi) is 30.0. The van der Waals surface area contributed by atoms with Crippen LogP contribution in [0, 0.1) is 0 Å². The molecule has 0 saturated heterocycles. The maximum Gasteiger partial charge on any atom is 0.161 e. The average molecular weight is 1860 g/mol. The first-order valence-electron chi connectivity index (χ1n) is 38.5. The van der Waals surface area contributed by atoms with Crippen LogP contribution in [0.15, 0.2) is 182 Å². The number of nitrogens with zero attached hydrogens (tertiary/aromatic N) is 8. The van der Waals surface area contributed by atoms with E-state index < -0.39 is 47.1 Å². The number of hydrogen-bond acceptors (Lipinski definition) is 18. The Hall–Kier alpha value is -11.2. The second-order valence-corrected chi connectivity index (χ2v) is 33.9. The van der Waals surface area contributed by atoms with Crippen molar-refractivity contribution in [3.63, 3.8) is 0 Å². The molecule has 10 aromatic rings. The Morgan fingerprint density at radius 3 is 0.968 bits per heavy atom. The number of hydrogen-bond donors (Lipinski definition) is 1. The van der Waals surface area contributed by atoms with E-state index in [-0.39, 0.29) is 48.6 Å². The summed E-state index contributed by atoms with van der Waals surface area (Å²) in [6.45, 7) is 9.73. The fraction of sp³-hybridized carbons (Fsp3) is 0.325. The van der Waals surface area contributed by atoms with Crippen molar-refractivity contribution in [1.82, 2.24) is 29.6 Å². The van der Waals surface area contributed by atoms with Crippen molar-refractivity contribution in [3.05, 3.63) is 238 Å². The third-order valence-electron chi connectivity index (χ3n) is 17.9. The fourth-order valence-corrected chi connectivity index (χ4v) is 12.4. The van der Waals surface area contributed by atoms with Crippen molar-refractivity contribution < 1.29 is 166 Å². The Labute approximate surface area is 707 Å². The Balaban J connectivity index is 0.000000255. The van der Waals surface area contributed by atoms with Crippen LogP contribution in [0.4, 0.5) is 75.5 Å². The Morgan fingerprint density at radius 1 is 0.341 bits per heavy atom. The summed E-state index contributed by atoms with van der Waals surface area (Å²) in [5.74, 6) is 3.86. The molecule has 46 heteroatoms. The maximum atomic E-state index is 14.0. The van der Waals surface area contributed by atoms with Crippen molar-refractivity contribution in [2.45, 2.75) is 65.4 Å². The molecule has 20 bridgehead atoms. The van der Waals surface area contributed by atoms with Crippen LogP contribution in [-0.4, -0.2) is 146 Å². The number of aromatic nitrogens is 6. The average Bonchev–Trinajstić information content (AvgIpc) is 0.799. The summed E-state index contributed by atoms with van der Waals surface area (Å²) in [5, 5.41) is 12.2. The zero-order chi connectivity index (χ0) is 91.3. The van der Waals surface area contributed by atoms with E-state index in [0.29, 0.717) is 169 Å². The summed E-state index contributed by atoms with van der Waals surface area (Å²) in [6.07, 6.45) is 4.68. The first kappa shape index (κ1) is 97.0. The molecule has 0 atom stereocenters. The molecule has 25 nitrogen and oxygen atoms in total. The van der Waals surface area contributed by atoms with Gasteiger partial charge in [0, 0.05) is 75.2 Å². The largest absolute Gasteiger partial charge is 0.487 e. The number of carbonyl (C=O) groups excluding carboxylic acids is 4. The molecule has 0 saturated carbocycles. The third-order valence-corrected chi connectivity index (χ3v) is 17.9. The molecule has 4 amide bonds. The van der Waals surface area contributed by atoms with Crippen LogP contribution in [0.5, 0.6) is 46.0 Å². The van der Waals surface area contributed by atoms with Gasteiger partial charge in [-0.3, -0.25) is 29.0 Å². The Morgan fingerprint density at radius 2 is 0.635 bits per heavy atom. The van der Waals surface area contributed by atoms with E-state index in [9.17, 15) is 94.7 Å².